The lowest BCUT2D eigenvalue weighted by atomic mass is 10.1. The molecule has 1 N–H and O–H groups in total. The van der Waals surface area contributed by atoms with Crippen LogP contribution < -0.4 is 0 Å². The maximum Gasteiger partial charge on any atom is 0.283 e. The molecule has 2 aliphatic rings. The summed E-state index contributed by atoms with van der Waals surface area (Å²) in [5, 5.41) is 17.3. The summed E-state index contributed by atoms with van der Waals surface area (Å²) in [4.78, 5) is 17.4. The summed E-state index contributed by atoms with van der Waals surface area (Å²) in [6, 6.07) is 7.46. The normalized spacial score (nSPS) is 19.1. The average molecular weight is 342 g/mol. The smallest absolute Gasteiger partial charge is 0.283 e. The Hall–Kier alpha value is -2.45. The second-order valence-corrected chi connectivity index (χ2v) is 6.86. The van der Waals surface area contributed by atoms with Crippen LogP contribution in [0.3, 0.4) is 0 Å². The number of thioether (sulfide) groups is 1. The quantitative estimate of drug-likeness (QED) is 0.868. The lowest BCUT2D eigenvalue weighted by Gasteiger charge is -2.19. The Morgan fingerprint density at radius 1 is 1.35 bits per heavy atom. The zero-order valence-electron chi connectivity index (χ0n) is 11.7. The second-order valence-electron chi connectivity index (χ2n) is 4.79. The minimum absolute atomic E-state index is 0.0186. The molecule has 1 amide bonds. The molecule has 0 bridgehead atoms. The Morgan fingerprint density at radius 2 is 2.26 bits per heavy atom. The highest BCUT2D eigenvalue weighted by atomic mass is 32.2. The van der Waals surface area contributed by atoms with Gasteiger partial charge in [-0.3, -0.25) is 10.2 Å². The number of thiophene rings is 1. The monoisotopic (exact) mass is 342 g/mol. The molecular weight excluding hydrogens is 332 g/mol. The van der Waals surface area contributed by atoms with E-state index in [1.54, 1.807) is 23.5 Å². The number of hydrogen-bond acceptors (Lipinski definition) is 6. The van der Waals surface area contributed by atoms with Crippen molar-refractivity contribution in [2.75, 3.05) is 0 Å². The van der Waals surface area contributed by atoms with E-state index in [1.165, 1.54) is 34.0 Å². The molecule has 0 saturated carbocycles. The van der Waals surface area contributed by atoms with Gasteiger partial charge in [-0.25, -0.2) is 0 Å². The fourth-order valence-corrected chi connectivity index (χ4v) is 3.89. The van der Waals surface area contributed by atoms with Gasteiger partial charge in [-0.1, -0.05) is 6.07 Å². The molecule has 0 saturated heterocycles. The third kappa shape index (κ3) is 2.66. The molecule has 2 aromatic rings. The van der Waals surface area contributed by atoms with Crippen LogP contribution in [-0.2, 0) is 11.2 Å². The summed E-state index contributed by atoms with van der Waals surface area (Å²) in [5.74, 6) is 0.0780. The highest BCUT2D eigenvalue weighted by Gasteiger charge is 2.35. The maximum absolute atomic E-state index is 12.2. The van der Waals surface area contributed by atoms with E-state index in [-0.39, 0.29) is 11.4 Å². The summed E-state index contributed by atoms with van der Waals surface area (Å²) >= 11 is 2.98. The molecule has 0 aliphatic carbocycles. The van der Waals surface area contributed by atoms with Gasteiger partial charge in [-0.15, -0.1) is 11.3 Å². The van der Waals surface area contributed by atoms with Crippen LogP contribution in [-0.4, -0.2) is 27.0 Å². The summed E-state index contributed by atoms with van der Waals surface area (Å²) in [6.07, 6.45) is 3.71. The first-order chi connectivity index (χ1) is 11.2. The van der Waals surface area contributed by atoms with Crippen LogP contribution >= 0.6 is 23.1 Å². The van der Waals surface area contributed by atoms with Gasteiger partial charge in [0.05, 0.1) is 11.8 Å². The molecule has 0 fully saturated rings. The number of hydrazone groups is 1. The number of furan rings is 1. The minimum Gasteiger partial charge on any atom is -0.465 e. The van der Waals surface area contributed by atoms with Crippen molar-refractivity contribution in [2.45, 2.75) is 6.42 Å². The number of carbonyl (C=O) groups is 1. The number of nitrogens with zero attached hydrogens (tertiary/aromatic N) is 3. The molecule has 0 radical (unpaired) electrons. The predicted octanol–water partition coefficient (Wildman–Crippen LogP) is 3.20. The largest absolute Gasteiger partial charge is 0.465 e. The topological polar surface area (TPSA) is 82.0 Å². The molecule has 2 aliphatic heterocycles. The van der Waals surface area contributed by atoms with Gasteiger partial charge >= 0.3 is 0 Å². The van der Waals surface area contributed by atoms with Crippen molar-refractivity contribution in [3.05, 3.63) is 52.1 Å². The molecule has 0 atom stereocenters. The van der Waals surface area contributed by atoms with Gasteiger partial charge in [0.25, 0.3) is 5.91 Å². The predicted molar refractivity (Wildman–Crippen MR) is 91.7 cm³/mol. The lowest BCUT2D eigenvalue weighted by molar-refractivity contribution is -0.114. The van der Waals surface area contributed by atoms with Gasteiger partial charge in [-0.05, 0) is 41.4 Å². The summed E-state index contributed by atoms with van der Waals surface area (Å²) in [7, 11) is 0. The van der Waals surface area contributed by atoms with Gasteiger partial charge < -0.3 is 4.42 Å². The molecule has 114 valence electrons. The molecule has 2 aromatic heterocycles. The summed E-state index contributed by atoms with van der Waals surface area (Å²) in [5.41, 5.74) is 0.172. The van der Waals surface area contributed by atoms with Crippen LogP contribution in [0, 0.1) is 5.41 Å². The van der Waals surface area contributed by atoms with Gasteiger partial charge in [0, 0.05) is 11.3 Å². The Labute approximate surface area is 139 Å². The van der Waals surface area contributed by atoms with Crippen LogP contribution in [0.25, 0.3) is 6.08 Å². The first kappa shape index (κ1) is 14.2. The highest BCUT2D eigenvalue weighted by Crippen LogP contribution is 2.30. The Bertz CT molecular complexity index is 863. The molecule has 23 heavy (non-hydrogen) atoms. The van der Waals surface area contributed by atoms with E-state index in [0.29, 0.717) is 17.3 Å². The maximum atomic E-state index is 12.2. The molecule has 4 heterocycles. The first-order valence-corrected chi connectivity index (χ1v) is 8.45. The molecule has 0 aromatic carbocycles. The van der Waals surface area contributed by atoms with E-state index in [4.69, 9.17) is 9.83 Å². The Morgan fingerprint density at radius 3 is 3.00 bits per heavy atom. The zero-order chi connectivity index (χ0) is 15.8. The standard InChI is InChI=1S/C15H10N4O2S2/c16-13-11(7-9-3-1-5-21-9)14(20)17-15-19(13)18-12(23-15)8-10-4-2-6-22-10/h1-7,16H,8H2/b11-7-,16-13?. The summed E-state index contributed by atoms with van der Waals surface area (Å²) in [6.45, 7) is 0. The molecular formula is C15H10N4O2S2. The van der Waals surface area contributed by atoms with Gasteiger partial charge in [0.1, 0.15) is 10.8 Å². The summed E-state index contributed by atoms with van der Waals surface area (Å²) < 4.78 is 5.20. The van der Waals surface area contributed by atoms with Gasteiger partial charge in [0.2, 0.25) is 5.17 Å². The van der Waals surface area contributed by atoms with Crippen molar-refractivity contribution in [3.8, 4) is 0 Å². The molecule has 6 nitrogen and oxygen atoms in total. The van der Waals surface area contributed by atoms with Crippen LogP contribution in [0.1, 0.15) is 10.6 Å². The van der Waals surface area contributed by atoms with Crippen molar-refractivity contribution in [1.82, 2.24) is 5.01 Å². The van der Waals surface area contributed by atoms with Gasteiger partial charge in [-0.2, -0.15) is 15.1 Å². The van der Waals surface area contributed by atoms with Crippen molar-refractivity contribution in [3.63, 3.8) is 0 Å². The minimum atomic E-state index is -0.447. The Balaban J connectivity index is 1.63. The van der Waals surface area contributed by atoms with Crippen molar-refractivity contribution in [1.29, 1.82) is 5.41 Å². The third-order valence-corrected chi connectivity index (χ3v) is 5.02. The van der Waals surface area contributed by atoms with E-state index in [2.05, 4.69) is 10.1 Å². The van der Waals surface area contributed by atoms with Crippen molar-refractivity contribution < 1.29 is 9.21 Å². The third-order valence-electron chi connectivity index (χ3n) is 3.23. The number of hydrogen-bond donors (Lipinski definition) is 1. The van der Waals surface area contributed by atoms with Crippen LogP contribution in [0.5, 0.6) is 0 Å². The number of amides is 1. The molecule has 8 heteroatoms. The number of fused-ring (bicyclic) bond motifs is 1. The van der Waals surface area contributed by atoms with E-state index >= 15 is 0 Å². The van der Waals surface area contributed by atoms with E-state index in [1.807, 2.05) is 17.5 Å². The highest BCUT2D eigenvalue weighted by molar-refractivity contribution is 8.27. The van der Waals surface area contributed by atoms with Crippen LogP contribution in [0.4, 0.5) is 0 Å². The van der Waals surface area contributed by atoms with E-state index < -0.39 is 5.91 Å². The number of nitrogens with one attached hydrogen (secondary N) is 1. The van der Waals surface area contributed by atoms with E-state index in [0.717, 1.165) is 5.04 Å². The number of amidine groups is 2. The Kier molecular flexibility index (Phi) is 3.47. The van der Waals surface area contributed by atoms with Crippen LogP contribution in [0.2, 0.25) is 0 Å². The molecule has 0 unspecified atom stereocenters. The molecule has 4 rings (SSSR count). The van der Waals surface area contributed by atoms with Crippen molar-refractivity contribution in [2.24, 2.45) is 10.1 Å². The lowest BCUT2D eigenvalue weighted by Crippen LogP contribution is -2.35. The van der Waals surface area contributed by atoms with E-state index in [9.17, 15) is 4.79 Å². The number of aliphatic imine (C=N–C) groups is 1. The van der Waals surface area contributed by atoms with Crippen molar-refractivity contribution >= 4 is 51.1 Å². The SMILES string of the molecule is N=C1/C(=C/c2ccco2)C(=O)N=C2SC(Cc3cccs3)=NN12. The average Bonchev–Trinajstić information content (AvgIpc) is 3.25. The molecule has 0 spiro atoms. The zero-order valence-corrected chi connectivity index (χ0v) is 13.4. The van der Waals surface area contributed by atoms with Gasteiger partial charge in [0.15, 0.2) is 5.84 Å². The fourth-order valence-electron chi connectivity index (χ4n) is 2.18. The number of rotatable bonds is 3. The second kappa shape index (κ2) is 5.64. The first-order valence-electron chi connectivity index (χ1n) is 6.76. The fraction of sp³-hybridized carbons (Fsp3) is 0.0667. The van der Waals surface area contributed by atoms with Crippen LogP contribution in [0.15, 0.2) is 56.0 Å². The number of carbonyl (C=O) groups excluding carboxylic acids is 1.